The summed E-state index contributed by atoms with van der Waals surface area (Å²) in [7, 11) is -3.60. The Bertz CT molecular complexity index is 767. The lowest BCUT2D eigenvalue weighted by Crippen LogP contribution is -2.30. The minimum absolute atomic E-state index is 0.00319. The van der Waals surface area contributed by atoms with E-state index in [0.29, 0.717) is 19.3 Å². The molecule has 0 aromatic rings. The Kier molecular flexibility index (Phi) is 11.8. The molecule has 8 heteroatoms. The minimum Gasteiger partial charge on any atom is -0.449 e. The van der Waals surface area contributed by atoms with Gasteiger partial charge in [0.05, 0.1) is 18.5 Å². The van der Waals surface area contributed by atoms with Gasteiger partial charge in [0.15, 0.2) is 5.78 Å². The molecule has 7 nitrogen and oxygen atoms in total. The van der Waals surface area contributed by atoms with Crippen LogP contribution in [-0.4, -0.2) is 43.9 Å². The van der Waals surface area contributed by atoms with Gasteiger partial charge in [0, 0.05) is 11.8 Å². The fraction of sp³-hybridized carbons (Fsp3) is 0.652. The standard InChI is InChI=1S/C23H37NO6S/c1-4-5-10-16-23(2,27)17-15-19-13-14-21(25)20(19)12-9-7-6-8-11-18-30-22(26)24-31(3,28)29/h7,9,13-15,17,19-20,27H,4-6,8,10-12,16,18H2,1-3H3,(H,24,26)/b9-7-,17-15+/t19-,20-,23+/m1/s1. The van der Waals surface area contributed by atoms with Crippen LogP contribution in [0.4, 0.5) is 4.79 Å². The van der Waals surface area contributed by atoms with E-state index < -0.39 is 21.7 Å². The average Bonchev–Trinajstić information content (AvgIpc) is 3.01. The first-order valence-electron chi connectivity index (χ1n) is 11.0. The number of hydrogen-bond donors (Lipinski definition) is 2. The number of carbonyl (C=O) groups is 2. The van der Waals surface area contributed by atoms with Gasteiger partial charge in [-0.1, -0.05) is 56.6 Å². The van der Waals surface area contributed by atoms with Crippen molar-refractivity contribution < 1.29 is 27.9 Å². The maximum atomic E-state index is 12.2. The van der Waals surface area contributed by atoms with Gasteiger partial charge >= 0.3 is 6.09 Å². The predicted octanol–water partition coefficient (Wildman–Crippen LogP) is 4.05. The van der Waals surface area contributed by atoms with Crippen molar-refractivity contribution in [3.63, 3.8) is 0 Å². The van der Waals surface area contributed by atoms with Crippen LogP contribution in [0.2, 0.25) is 0 Å². The Morgan fingerprint density at radius 1 is 1.26 bits per heavy atom. The Balaban J connectivity index is 2.32. The van der Waals surface area contributed by atoms with Crippen LogP contribution in [0.1, 0.15) is 65.2 Å². The van der Waals surface area contributed by atoms with Gasteiger partial charge < -0.3 is 9.84 Å². The summed E-state index contributed by atoms with van der Waals surface area (Å²) in [6.07, 6.45) is 17.9. The smallest absolute Gasteiger partial charge is 0.420 e. The zero-order valence-corrected chi connectivity index (χ0v) is 19.7. The number of unbranched alkanes of at least 4 members (excludes halogenated alkanes) is 4. The van der Waals surface area contributed by atoms with E-state index in [1.807, 2.05) is 37.3 Å². The molecule has 31 heavy (non-hydrogen) atoms. The van der Waals surface area contributed by atoms with E-state index in [-0.39, 0.29) is 24.2 Å². The Morgan fingerprint density at radius 2 is 2.00 bits per heavy atom. The third kappa shape index (κ3) is 12.5. The lowest BCUT2D eigenvalue weighted by atomic mass is 9.88. The predicted molar refractivity (Wildman–Crippen MR) is 122 cm³/mol. The molecule has 0 saturated heterocycles. The second-order valence-corrected chi connectivity index (χ2v) is 10.1. The second kappa shape index (κ2) is 13.5. The molecule has 176 valence electrons. The molecular weight excluding hydrogens is 418 g/mol. The van der Waals surface area contributed by atoms with Crippen molar-refractivity contribution in [3.05, 3.63) is 36.5 Å². The van der Waals surface area contributed by atoms with Gasteiger partial charge in [-0.25, -0.2) is 17.9 Å². The highest BCUT2D eigenvalue weighted by atomic mass is 32.2. The quantitative estimate of drug-likeness (QED) is 0.302. The van der Waals surface area contributed by atoms with Crippen LogP contribution in [0.25, 0.3) is 0 Å². The molecule has 0 aromatic heterocycles. The second-order valence-electron chi connectivity index (χ2n) is 8.33. The number of hydrogen-bond acceptors (Lipinski definition) is 6. The van der Waals surface area contributed by atoms with Gasteiger partial charge in [-0.3, -0.25) is 4.79 Å². The highest BCUT2D eigenvalue weighted by Gasteiger charge is 2.28. The van der Waals surface area contributed by atoms with Crippen molar-refractivity contribution in [2.24, 2.45) is 11.8 Å². The van der Waals surface area contributed by atoms with Gasteiger partial charge in [-0.15, -0.1) is 0 Å². The molecule has 0 spiro atoms. The summed E-state index contributed by atoms with van der Waals surface area (Å²) in [5, 5.41) is 10.5. The summed E-state index contributed by atoms with van der Waals surface area (Å²) in [6.45, 7) is 4.08. The molecule has 1 aliphatic rings. The molecule has 1 amide bonds. The molecule has 0 saturated carbocycles. The van der Waals surface area contributed by atoms with Crippen molar-refractivity contribution in [3.8, 4) is 0 Å². The van der Waals surface area contributed by atoms with Crippen molar-refractivity contribution in [1.29, 1.82) is 0 Å². The number of ether oxygens (including phenoxy) is 1. The van der Waals surface area contributed by atoms with Crippen molar-refractivity contribution in [1.82, 2.24) is 4.72 Å². The normalized spacial score (nSPS) is 21.1. The van der Waals surface area contributed by atoms with E-state index >= 15 is 0 Å². The van der Waals surface area contributed by atoms with Crippen LogP contribution in [0.3, 0.4) is 0 Å². The molecule has 1 rings (SSSR count). The number of allylic oxidation sites excluding steroid dienone is 5. The van der Waals surface area contributed by atoms with E-state index in [4.69, 9.17) is 4.74 Å². The van der Waals surface area contributed by atoms with Gasteiger partial charge in [0.2, 0.25) is 10.0 Å². The highest BCUT2D eigenvalue weighted by Crippen LogP contribution is 2.28. The number of nitrogens with one attached hydrogen (secondary N) is 1. The summed E-state index contributed by atoms with van der Waals surface area (Å²) in [5.74, 6) is -0.0336. The maximum absolute atomic E-state index is 12.2. The number of aliphatic hydroxyl groups is 1. The Hall–Kier alpha value is -1.93. The van der Waals surface area contributed by atoms with Crippen LogP contribution in [0, 0.1) is 11.8 Å². The van der Waals surface area contributed by atoms with Crippen molar-refractivity contribution >= 4 is 21.9 Å². The number of amides is 1. The first-order valence-corrected chi connectivity index (χ1v) is 12.9. The topological polar surface area (TPSA) is 110 Å². The number of carbonyl (C=O) groups excluding carboxylic acids is 2. The summed E-state index contributed by atoms with van der Waals surface area (Å²) in [5.41, 5.74) is -0.852. The minimum atomic E-state index is -3.60. The van der Waals surface area contributed by atoms with E-state index in [2.05, 4.69) is 6.92 Å². The molecule has 0 bridgehead atoms. The molecule has 0 fully saturated rings. The van der Waals surface area contributed by atoms with Gasteiger partial charge in [-0.05, 0) is 45.1 Å². The lowest BCUT2D eigenvalue weighted by Gasteiger charge is -2.20. The van der Waals surface area contributed by atoms with Crippen LogP contribution < -0.4 is 4.72 Å². The Labute approximate surface area is 186 Å². The van der Waals surface area contributed by atoms with Crippen LogP contribution >= 0.6 is 0 Å². The molecule has 0 aromatic carbocycles. The molecule has 2 N–H and O–H groups in total. The number of ketones is 1. The van der Waals surface area contributed by atoms with Gasteiger partial charge in [0.1, 0.15) is 0 Å². The van der Waals surface area contributed by atoms with Gasteiger partial charge in [0.25, 0.3) is 0 Å². The van der Waals surface area contributed by atoms with Crippen LogP contribution in [0.15, 0.2) is 36.5 Å². The summed E-state index contributed by atoms with van der Waals surface area (Å²) in [6, 6.07) is 0. The van der Waals surface area contributed by atoms with Crippen molar-refractivity contribution in [2.45, 2.75) is 70.8 Å². The number of sulfonamides is 1. The highest BCUT2D eigenvalue weighted by molar-refractivity contribution is 7.89. The Morgan fingerprint density at radius 3 is 2.68 bits per heavy atom. The largest absolute Gasteiger partial charge is 0.449 e. The SMILES string of the molecule is CCCCC[C@](C)(O)/C=C/[C@H]1C=CC(=O)[C@@H]1C/C=C\CCCCOC(=O)NS(C)(=O)=O. The fourth-order valence-corrected chi connectivity index (χ4v) is 3.69. The van der Waals surface area contributed by atoms with E-state index in [1.54, 1.807) is 10.8 Å². The average molecular weight is 456 g/mol. The van der Waals surface area contributed by atoms with Gasteiger partial charge in [-0.2, -0.15) is 0 Å². The summed E-state index contributed by atoms with van der Waals surface area (Å²) in [4.78, 5) is 23.4. The fourth-order valence-electron chi connectivity index (χ4n) is 3.33. The van der Waals surface area contributed by atoms with E-state index in [0.717, 1.165) is 38.4 Å². The zero-order valence-electron chi connectivity index (χ0n) is 18.9. The molecule has 0 aliphatic heterocycles. The lowest BCUT2D eigenvalue weighted by molar-refractivity contribution is -0.117. The zero-order chi connectivity index (χ0) is 23.3. The van der Waals surface area contributed by atoms with Crippen LogP contribution in [-0.2, 0) is 19.6 Å². The third-order valence-electron chi connectivity index (χ3n) is 5.10. The monoisotopic (exact) mass is 455 g/mol. The van der Waals surface area contributed by atoms with Crippen LogP contribution in [0.5, 0.6) is 0 Å². The van der Waals surface area contributed by atoms with E-state index in [1.165, 1.54) is 0 Å². The molecule has 0 radical (unpaired) electrons. The van der Waals surface area contributed by atoms with Crippen molar-refractivity contribution in [2.75, 3.05) is 12.9 Å². The summed E-state index contributed by atoms with van der Waals surface area (Å²) < 4.78 is 28.3. The molecule has 3 atom stereocenters. The first-order chi connectivity index (χ1) is 14.5. The van der Waals surface area contributed by atoms with E-state index in [9.17, 15) is 23.1 Å². The maximum Gasteiger partial charge on any atom is 0.420 e. The molecule has 1 aliphatic carbocycles. The molecule has 0 unspecified atom stereocenters. The summed E-state index contributed by atoms with van der Waals surface area (Å²) >= 11 is 0. The molecule has 0 heterocycles. The number of rotatable bonds is 14. The molecular formula is C23H37NO6S. The first kappa shape index (κ1) is 27.1. The third-order valence-corrected chi connectivity index (χ3v) is 5.64.